The van der Waals surface area contributed by atoms with E-state index >= 15 is 0 Å². The topological polar surface area (TPSA) is 23.2 Å². The molecule has 0 radical (unpaired) electrons. The Morgan fingerprint density at radius 2 is 1.94 bits per heavy atom. The van der Waals surface area contributed by atoms with Crippen LogP contribution in [0.5, 0.6) is 0 Å². The lowest BCUT2D eigenvalue weighted by atomic mass is 10.0. The van der Waals surface area contributed by atoms with E-state index in [1.807, 2.05) is 30.4 Å². The van der Waals surface area contributed by atoms with Crippen LogP contribution >= 0.6 is 0 Å². The first-order valence-corrected chi connectivity index (χ1v) is 6.50. The molecule has 18 heavy (non-hydrogen) atoms. The second-order valence-electron chi connectivity index (χ2n) is 4.76. The van der Waals surface area contributed by atoms with Gasteiger partial charge in [-0.2, -0.15) is 0 Å². The normalized spacial score (nSPS) is 27.5. The average Bonchev–Trinajstić information content (AvgIpc) is 3.11. The molecule has 0 spiro atoms. The molecule has 4 atom stereocenters. The third kappa shape index (κ3) is 2.71. The highest BCUT2D eigenvalue weighted by molar-refractivity contribution is 5.28. The number of allylic oxidation sites excluding steroid dienone is 1. The van der Waals surface area contributed by atoms with Gasteiger partial charge in [0, 0.05) is 6.54 Å². The maximum atomic E-state index is 10.2. The summed E-state index contributed by atoms with van der Waals surface area (Å²) in [6.45, 7) is 8.32. The van der Waals surface area contributed by atoms with Crippen LogP contribution in [0.4, 0.5) is 0 Å². The Balaban J connectivity index is 2.05. The molecule has 2 heteroatoms. The van der Waals surface area contributed by atoms with Crippen molar-refractivity contribution in [2.75, 3.05) is 6.54 Å². The van der Waals surface area contributed by atoms with Gasteiger partial charge in [-0.25, -0.2) is 0 Å². The van der Waals surface area contributed by atoms with Gasteiger partial charge in [0.05, 0.1) is 18.2 Å². The van der Waals surface area contributed by atoms with Gasteiger partial charge in [-0.15, -0.1) is 13.2 Å². The van der Waals surface area contributed by atoms with Crippen LogP contribution in [0.3, 0.4) is 0 Å². The second-order valence-corrected chi connectivity index (χ2v) is 4.76. The molecule has 1 saturated heterocycles. The van der Waals surface area contributed by atoms with E-state index in [0.717, 1.165) is 19.4 Å². The summed E-state index contributed by atoms with van der Waals surface area (Å²) in [6.07, 6.45) is 5.12. The lowest BCUT2D eigenvalue weighted by molar-refractivity contribution is 0.148. The third-order valence-corrected chi connectivity index (χ3v) is 3.52. The summed E-state index contributed by atoms with van der Waals surface area (Å²) >= 11 is 0. The highest BCUT2D eigenvalue weighted by Gasteiger charge is 2.50. The van der Waals surface area contributed by atoms with Crippen LogP contribution in [0, 0.1) is 0 Å². The molecule has 2 nitrogen and oxygen atoms in total. The minimum absolute atomic E-state index is 0.227. The smallest absolute Gasteiger partial charge is 0.0717 e. The molecule has 0 saturated carbocycles. The van der Waals surface area contributed by atoms with Gasteiger partial charge >= 0.3 is 0 Å². The highest BCUT2D eigenvalue weighted by Crippen LogP contribution is 2.45. The number of aliphatic hydroxyl groups is 1. The molecular weight excluding hydrogens is 222 g/mol. The predicted octanol–water partition coefficient (Wildman–Crippen LogP) is 2.93. The molecule has 0 aliphatic carbocycles. The van der Waals surface area contributed by atoms with Crippen molar-refractivity contribution in [2.24, 2.45) is 0 Å². The van der Waals surface area contributed by atoms with Crippen molar-refractivity contribution in [1.82, 2.24) is 4.90 Å². The van der Waals surface area contributed by atoms with Crippen LogP contribution in [0.2, 0.25) is 0 Å². The summed E-state index contributed by atoms with van der Waals surface area (Å²) in [5, 5.41) is 10.2. The molecule has 1 fully saturated rings. The van der Waals surface area contributed by atoms with Crippen molar-refractivity contribution in [2.45, 2.75) is 31.0 Å². The Bertz CT molecular complexity index is 401. The fourth-order valence-corrected chi connectivity index (χ4v) is 2.61. The van der Waals surface area contributed by atoms with Crippen molar-refractivity contribution in [1.29, 1.82) is 0 Å². The summed E-state index contributed by atoms with van der Waals surface area (Å²) in [7, 11) is 0. The van der Waals surface area contributed by atoms with Gasteiger partial charge in [-0.1, -0.05) is 42.5 Å². The van der Waals surface area contributed by atoms with E-state index in [4.69, 9.17) is 0 Å². The van der Waals surface area contributed by atoms with Crippen LogP contribution in [-0.2, 0) is 0 Å². The van der Waals surface area contributed by atoms with Crippen molar-refractivity contribution < 1.29 is 5.11 Å². The fourth-order valence-electron chi connectivity index (χ4n) is 2.61. The van der Waals surface area contributed by atoms with Crippen LogP contribution in [0.15, 0.2) is 55.6 Å². The highest BCUT2D eigenvalue weighted by atomic mass is 16.3. The Morgan fingerprint density at radius 3 is 2.56 bits per heavy atom. The molecule has 0 amide bonds. The second kappa shape index (κ2) is 5.98. The minimum Gasteiger partial charge on any atom is -0.391 e. The largest absolute Gasteiger partial charge is 0.391 e. The summed E-state index contributed by atoms with van der Waals surface area (Å²) in [4.78, 5) is 2.29. The van der Waals surface area contributed by atoms with E-state index in [-0.39, 0.29) is 12.1 Å². The summed E-state index contributed by atoms with van der Waals surface area (Å²) < 4.78 is 0. The van der Waals surface area contributed by atoms with Crippen molar-refractivity contribution in [3.05, 3.63) is 61.2 Å². The lowest BCUT2D eigenvalue weighted by Crippen LogP contribution is -2.18. The molecule has 1 aliphatic rings. The number of nitrogens with zero attached hydrogens (tertiary/aromatic N) is 1. The van der Waals surface area contributed by atoms with Crippen molar-refractivity contribution in [3.8, 4) is 0 Å². The Hall–Kier alpha value is -1.38. The summed E-state index contributed by atoms with van der Waals surface area (Å²) in [5.74, 6) is 0. The number of aliphatic hydroxyl groups excluding tert-OH is 1. The Morgan fingerprint density at radius 1 is 1.22 bits per heavy atom. The average molecular weight is 243 g/mol. The molecule has 2 unspecified atom stereocenters. The van der Waals surface area contributed by atoms with E-state index in [9.17, 15) is 5.11 Å². The zero-order chi connectivity index (χ0) is 13.0. The minimum atomic E-state index is -0.284. The summed E-state index contributed by atoms with van der Waals surface area (Å²) in [6, 6.07) is 10.9. The van der Waals surface area contributed by atoms with E-state index < -0.39 is 0 Å². The van der Waals surface area contributed by atoms with Crippen molar-refractivity contribution in [3.63, 3.8) is 0 Å². The fraction of sp³-hybridized carbons (Fsp3) is 0.375. The molecule has 2 rings (SSSR count). The first-order chi connectivity index (χ1) is 8.79. The standard InChI is InChI=1S/C16H21NO/c1-3-5-11-14(18)16-15(17(16)12-4-2)13-9-7-6-8-10-13/h3-4,6-10,14-16,18H,1-2,5,11-12H2/t14?,15-,16+,17?/m0/s1. The molecule has 0 bridgehead atoms. The number of rotatable bonds is 7. The van der Waals surface area contributed by atoms with Gasteiger partial charge in [-0.3, -0.25) is 4.90 Å². The van der Waals surface area contributed by atoms with Gasteiger partial charge in [0.25, 0.3) is 0 Å². The first-order valence-electron chi connectivity index (χ1n) is 6.50. The van der Waals surface area contributed by atoms with E-state index in [1.54, 1.807) is 0 Å². The van der Waals surface area contributed by atoms with E-state index in [2.05, 4.69) is 30.2 Å². The van der Waals surface area contributed by atoms with Gasteiger partial charge in [-0.05, 0) is 18.4 Å². The van der Waals surface area contributed by atoms with Gasteiger partial charge in [0.1, 0.15) is 0 Å². The van der Waals surface area contributed by atoms with Crippen molar-refractivity contribution >= 4 is 0 Å². The molecular formula is C16H21NO. The van der Waals surface area contributed by atoms with Crippen LogP contribution in [0.1, 0.15) is 24.4 Å². The van der Waals surface area contributed by atoms with E-state index in [0.29, 0.717) is 6.04 Å². The zero-order valence-corrected chi connectivity index (χ0v) is 10.7. The molecule has 1 aromatic carbocycles. The Kier molecular flexibility index (Phi) is 4.34. The SMILES string of the molecule is C=CCCC(O)[C@@H]1[C@H](c2ccccc2)N1CC=C. The van der Waals surface area contributed by atoms with Gasteiger partial charge in [0.15, 0.2) is 0 Å². The number of hydrogen-bond acceptors (Lipinski definition) is 2. The maximum Gasteiger partial charge on any atom is 0.0717 e. The lowest BCUT2D eigenvalue weighted by Gasteiger charge is -2.07. The first kappa shape index (κ1) is 13.1. The summed E-state index contributed by atoms with van der Waals surface area (Å²) in [5.41, 5.74) is 1.28. The van der Waals surface area contributed by atoms with Gasteiger partial charge in [0.2, 0.25) is 0 Å². The molecule has 1 aromatic rings. The molecule has 0 aromatic heterocycles. The predicted molar refractivity (Wildman–Crippen MR) is 75.3 cm³/mol. The van der Waals surface area contributed by atoms with Crippen LogP contribution in [0.25, 0.3) is 0 Å². The van der Waals surface area contributed by atoms with Crippen LogP contribution in [-0.4, -0.2) is 28.7 Å². The molecule has 1 N–H and O–H groups in total. The Labute approximate surface area is 109 Å². The number of hydrogen-bond donors (Lipinski definition) is 1. The van der Waals surface area contributed by atoms with Crippen LogP contribution < -0.4 is 0 Å². The maximum absolute atomic E-state index is 10.2. The van der Waals surface area contributed by atoms with E-state index in [1.165, 1.54) is 5.56 Å². The monoisotopic (exact) mass is 243 g/mol. The quantitative estimate of drug-likeness (QED) is 0.588. The zero-order valence-electron chi connectivity index (χ0n) is 10.7. The van der Waals surface area contributed by atoms with Gasteiger partial charge < -0.3 is 5.11 Å². The third-order valence-electron chi connectivity index (χ3n) is 3.52. The molecule has 1 heterocycles. The molecule has 1 aliphatic heterocycles. The number of benzene rings is 1. The molecule has 96 valence electrons.